The molecule has 0 bridgehead atoms. The first-order valence-corrected chi connectivity index (χ1v) is 9.43. The van der Waals surface area contributed by atoms with E-state index in [-0.39, 0.29) is 17.4 Å². The summed E-state index contributed by atoms with van der Waals surface area (Å²) in [5.74, 6) is -0.290. The molecule has 0 spiro atoms. The van der Waals surface area contributed by atoms with E-state index in [1.54, 1.807) is 47.7 Å². The summed E-state index contributed by atoms with van der Waals surface area (Å²) in [7, 11) is 1.73. The van der Waals surface area contributed by atoms with Crippen LogP contribution in [0.15, 0.2) is 47.3 Å². The maximum absolute atomic E-state index is 12.7. The fourth-order valence-corrected chi connectivity index (χ4v) is 3.17. The summed E-state index contributed by atoms with van der Waals surface area (Å²) < 4.78 is 1.65. The molecule has 29 heavy (non-hydrogen) atoms. The van der Waals surface area contributed by atoms with Crippen molar-refractivity contribution in [3.05, 3.63) is 69.6 Å². The quantitative estimate of drug-likeness (QED) is 0.724. The van der Waals surface area contributed by atoms with Gasteiger partial charge >= 0.3 is 0 Å². The summed E-state index contributed by atoms with van der Waals surface area (Å²) in [6.07, 6.45) is 0. The van der Waals surface area contributed by atoms with Crippen LogP contribution in [-0.4, -0.2) is 33.3 Å². The molecule has 0 aliphatic carbocycles. The molecule has 150 valence electrons. The minimum Gasteiger partial charge on any atom is -0.342 e. The summed E-state index contributed by atoms with van der Waals surface area (Å²) >= 11 is 0. The van der Waals surface area contributed by atoms with E-state index in [4.69, 9.17) is 0 Å². The first kappa shape index (κ1) is 20.3. The van der Waals surface area contributed by atoms with Crippen molar-refractivity contribution < 1.29 is 9.59 Å². The van der Waals surface area contributed by atoms with Crippen LogP contribution in [0.4, 0.5) is 5.69 Å². The number of rotatable bonds is 5. The largest absolute Gasteiger partial charge is 0.342 e. The molecule has 0 aliphatic rings. The molecule has 7 nitrogen and oxygen atoms in total. The molecular formula is C22H24N4O3. The Bertz CT molecular complexity index is 1150. The predicted octanol–water partition coefficient (Wildman–Crippen LogP) is 2.96. The number of benzene rings is 2. The number of amides is 2. The molecule has 0 unspecified atom stereocenters. The van der Waals surface area contributed by atoms with Gasteiger partial charge in [0.25, 0.3) is 11.5 Å². The zero-order valence-electron chi connectivity index (χ0n) is 17.0. The van der Waals surface area contributed by atoms with Gasteiger partial charge in [0.15, 0.2) is 0 Å². The van der Waals surface area contributed by atoms with Crippen LogP contribution in [0.3, 0.4) is 0 Å². The van der Waals surface area contributed by atoms with Crippen molar-refractivity contribution in [2.75, 3.05) is 12.4 Å². The molecule has 1 N–H and O–H groups in total. The van der Waals surface area contributed by atoms with Crippen LogP contribution < -0.4 is 10.9 Å². The number of carbonyl (C=O) groups excluding carboxylic acids is 2. The lowest BCUT2D eigenvalue weighted by atomic mass is 10.1. The minimum atomic E-state index is -0.266. The van der Waals surface area contributed by atoms with Gasteiger partial charge in [0, 0.05) is 38.3 Å². The Morgan fingerprint density at radius 2 is 1.93 bits per heavy atom. The first-order chi connectivity index (χ1) is 13.8. The predicted molar refractivity (Wildman–Crippen MR) is 113 cm³/mol. The number of aromatic nitrogens is 2. The van der Waals surface area contributed by atoms with Gasteiger partial charge in [-0.15, -0.1) is 0 Å². The third kappa shape index (κ3) is 4.34. The van der Waals surface area contributed by atoms with Crippen molar-refractivity contribution in [2.45, 2.75) is 33.9 Å². The molecule has 0 atom stereocenters. The second-order valence-electron chi connectivity index (χ2n) is 6.98. The maximum atomic E-state index is 12.7. The number of hydrogen-bond donors (Lipinski definition) is 1. The Hall–Kier alpha value is -3.48. The molecule has 2 aromatic carbocycles. The highest BCUT2D eigenvalue weighted by Gasteiger charge is 2.12. The van der Waals surface area contributed by atoms with E-state index in [1.807, 2.05) is 25.1 Å². The third-order valence-corrected chi connectivity index (χ3v) is 4.83. The first-order valence-electron chi connectivity index (χ1n) is 9.43. The molecule has 1 aromatic heterocycles. The Balaban J connectivity index is 1.86. The number of carbonyl (C=O) groups is 2. The van der Waals surface area contributed by atoms with Crippen LogP contribution >= 0.6 is 0 Å². The Labute approximate surface area is 169 Å². The average Bonchev–Trinajstić information content (AvgIpc) is 2.68. The molecule has 0 fully saturated rings. The van der Waals surface area contributed by atoms with Crippen LogP contribution in [0.1, 0.15) is 35.5 Å². The fourth-order valence-electron chi connectivity index (χ4n) is 3.17. The number of nitrogens with zero attached hydrogens (tertiary/aromatic N) is 3. The summed E-state index contributed by atoms with van der Waals surface area (Å²) in [5.41, 5.74) is 3.61. The summed E-state index contributed by atoms with van der Waals surface area (Å²) in [6.45, 7) is 6.08. The van der Waals surface area contributed by atoms with Crippen LogP contribution in [-0.2, 0) is 17.9 Å². The van der Waals surface area contributed by atoms with Crippen LogP contribution in [0.2, 0.25) is 0 Å². The highest BCUT2D eigenvalue weighted by molar-refractivity contribution is 6.05. The summed E-state index contributed by atoms with van der Waals surface area (Å²) in [4.78, 5) is 42.3. The molecular weight excluding hydrogens is 368 g/mol. The van der Waals surface area contributed by atoms with E-state index in [1.165, 1.54) is 6.92 Å². The molecule has 2 amide bonds. The standard InChI is InChI=1S/C22H24N4O3/c1-5-26-20-10-9-17(12-19(20)23-14(2)22(26)29)21(28)24-18-8-6-7-16(11-18)13-25(4)15(3)27/h6-12H,5,13H2,1-4H3,(H,24,28). The average molecular weight is 392 g/mol. The van der Waals surface area contributed by atoms with Gasteiger partial charge in [0.05, 0.1) is 11.0 Å². The van der Waals surface area contributed by atoms with Crippen molar-refractivity contribution >= 4 is 28.5 Å². The van der Waals surface area contributed by atoms with Crippen LogP contribution in [0.5, 0.6) is 0 Å². The van der Waals surface area contributed by atoms with Crippen molar-refractivity contribution in [1.29, 1.82) is 0 Å². The third-order valence-electron chi connectivity index (χ3n) is 4.83. The molecule has 1 heterocycles. The monoisotopic (exact) mass is 392 g/mol. The van der Waals surface area contributed by atoms with Crippen molar-refractivity contribution in [3.63, 3.8) is 0 Å². The van der Waals surface area contributed by atoms with Crippen molar-refractivity contribution in [2.24, 2.45) is 0 Å². The second-order valence-corrected chi connectivity index (χ2v) is 6.98. The Kier molecular flexibility index (Phi) is 5.77. The van der Waals surface area contributed by atoms with Crippen molar-refractivity contribution in [1.82, 2.24) is 14.5 Å². The van der Waals surface area contributed by atoms with Gasteiger partial charge in [-0.1, -0.05) is 12.1 Å². The minimum absolute atomic E-state index is 0.0241. The second kappa shape index (κ2) is 8.26. The number of fused-ring (bicyclic) bond motifs is 1. The summed E-state index contributed by atoms with van der Waals surface area (Å²) in [6, 6.07) is 12.5. The Morgan fingerprint density at radius 3 is 2.62 bits per heavy atom. The van der Waals surface area contributed by atoms with E-state index in [2.05, 4.69) is 10.3 Å². The lowest BCUT2D eigenvalue weighted by Gasteiger charge is -2.15. The molecule has 7 heteroatoms. The van der Waals surface area contributed by atoms with Gasteiger partial charge in [-0.25, -0.2) is 4.98 Å². The zero-order valence-corrected chi connectivity index (χ0v) is 17.0. The zero-order chi connectivity index (χ0) is 21.1. The lowest BCUT2D eigenvalue weighted by Crippen LogP contribution is -2.23. The van der Waals surface area contributed by atoms with E-state index in [9.17, 15) is 14.4 Å². The van der Waals surface area contributed by atoms with E-state index in [0.29, 0.717) is 41.1 Å². The van der Waals surface area contributed by atoms with Crippen molar-refractivity contribution in [3.8, 4) is 0 Å². The molecule has 0 radical (unpaired) electrons. The van der Waals surface area contributed by atoms with E-state index in [0.717, 1.165) is 5.56 Å². The van der Waals surface area contributed by atoms with Crippen LogP contribution in [0, 0.1) is 6.92 Å². The fraction of sp³-hybridized carbons (Fsp3) is 0.273. The van der Waals surface area contributed by atoms with Gasteiger partial charge in [0.2, 0.25) is 5.91 Å². The van der Waals surface area contributed by atoms with Gasteiger partial charge in [0.1, 0.15) is 5.69 Å². The molecule has 0 saturated heterocycles. The number of aryl methyl sites for hydroxylation is 2. The normalized spacial score (nSPS) is 10.8. The maximum Gasteiger partial charge on any atom is 0.272 e. The van der Waals surface area contributed by atoms with Gasteiger partial charge in [-0.3, -0.25) is 14.4 Å². The molecule has 3 rings (SSSR count). The highest BCUT2D eigenvalue weighted by atomic mass is 16.2. The number of nitrogens with one attached hydrogen (secondary N) is 1. The van der Waals surface area contributed by atoms with Gasteiger partial charge < -0.3 is 14.8 Å². The number of hydrogen-bond acceptors (Lipinski definition) is 4. The summed E-state index contributed by atoms with van der Waals surface area (Å²) in [5, 5.41) is 2.88. The topological polar surface area (TPSA) is 84.3 Å². The lowest BCUT2D eigenvalue weighted by molar-refractivity contribution is -0.128. The van der Waals surface area contributed by atoms with Gasteiger partial charge in [-0.05, 0) is 49.7 Å². The molecule has 0 aliphatic heterocycles. The number of anilines is 1. The van der Waals surface area contributed by atoms with Gasteiger partial charge in [-0.2, -0.15) is 0 Å². The van der Waals surface area contributed by atoms with Crippen LogP contribution in [0.25, 0.3) is 11.0 Å². The molecule has 0 saturated carbocycles. The highest BCUT2D eigenvalue weighted by Crippen LogP contribution is 2.17. The van der Waals surface area contributed by atoms with E-state index < -0.39 is 0 Å². The molecule has 3 aromatic rings. The SMILES string of the molecule is CCn1c(=O)c(C)nc2cc(C(=O)Nc3cccc(CN(C)C(C)=O)c3)ccc21. The Morgan fingerprint density at radius 1 is 1.17 bits per heavy atom. The smallest absolute Gasteiger partial charge is 0.272 e. The van der Waals surface area contributed by atoms with E-state index >= 15 is 0 Å².